The zero-order chi connectivity index (χ0) is 25.1. The van der Waals surface area contributed by atoms with Gasteiger partial charge in [0.25, 0.3) is 0 Å². The summed E-state index contributed by atoms with van der Waals surface area (Å²) in [6.45, 7) is 2.22. The Morgan fingerprint density at radius 2 is 1.47 bits per heavy atom. The highest BCUT2D eigenvalue weighted by atomic mass is 19.1. The van der Waals surface area contributed by atoms with Crippen molar-refractivity contribution in [2.75, 3.05) is 5.73 Å². The van der Waals surface area contributed by atoms with E-state index >= 15 is 4.39 Å². The summed E-state index contributed by atoms with van der Waals surface area (Å²) in [5, 5.41) is 0.308. The molecule has 0 saturated carbocycles. The Hall–Kier alpha value is -4.58. The van der Waals surface area contributed by atoms with Crippen LogP contribution in [0.3, 0.4) is 0 Å². The van der Waals surface area contributed by atoms with Gasteiger partial charge in [-0.3, -0.25) is 4.79 Å². The number of aryl methyl sites for hydroxylation is 1. The molecule has 0 spiro atoms. The molecule has 0 fully saturated rings. The molecule has 4 aromatic carbocycles. The minimum atomic E-state index is -0.586. The van der Waals surface area contributed by atoms with Gasteiger partial charge in [-0.2, -0.15) is 0 Å². The molecule has 0 aliphatic rings. The molecule has 2 N–H and O–H groups in total. The van der Waals surface area contributed by atoms with E-state index in [1.165, 1.54) is 12.1 Å². The summed E-state index contributed by atoms with van der Waals surface area (Å²) < 4.78 is 32.8. The summed E-state index contributed by atoms with van der Waals surface area (Å²) in [4.78, 5) is 13.5. The van der Waals surface area contributed by atoms with Crippen LogP contribution in [0.15, 0.2) is 100 Å². The molecule has 5 aromatic rings. The molecule has 0 radical (unpaired) electrons. The third-order valence-electron chi connectivity index (χ3n) is 5.78. The van der Waals surface area contributed by atoms with E-state index in [0.717, 1.165) is 16.7 Å². The van der Waals surface area contributed by atoms with Crippen LogP contribution >= 0.6 is 0 Å². The van der Waals surface area contributed by atoms with E-state index in [2.05, 4.69) is 0 Å². The van der Waals surface area contributed by atoms with Crippen molar-refractivity contribution in [1.29, 1.82) is 0 Å². The Morgan fingerprint density at radius 1 is 0.833 bits per heavy atom. The van der Waals surface area contributed by atoms with Crippen LogP contribution in [-0.4, -0.2) is 0 Å². The maximum absolute atomic E-state index is 15.1. The van der Waals surface area contributed by atoms with E-state index in [9.17, 15) is 4.79 Å². The Bertz CT molecular complexity index is 1580. The Labute approximate surface area is 207 Å². The van der Waals surface area contributed by atoms with Gasteiger partial charge >= 0.3 is 0 Å². The number of hydrogen-bond donors (Lipinski definition) is 1. The van der Waals surface area contributed by atoms with Crippen molar-refractivity contribution in [2.45, 2.75) is 20.1 Å². The lowest BCUT2D eigenvalue weighted by Crippen LogP contribution is -2.11. The lowest BCUT2D eigenvalue weighted by atomic mass is 10.1. The van der Waals surface area contributed by atoms with Crippen molar-refractivity contribution in [3.8, 4) is 22.8 Å². The molecule has 0 saturated heterocycles. The highest BCUT2D eigenvalue weighted by Gasteiger charge is 2.21. The van der Waals surface area contributed by atoms with E-state index in [4.69, 9.17) is 19.6 Å². The van der Waals surface area contributed by atoms with Gasteiger partial charge < -0.3 is 19.6 Å². The van der Waals surface area contributed by atoms with Crippen LogP contribution in [0.25, 0.3) is 22.3 Å². The van der Waals surface area contributed by atoms with Gasteiger partial charge in [0, 0.05) is 5.56 Å². The van der Waals surface area contributed by atoms with Gasteiger partial charge in [-0.1, -0.05) is 60.7 Å². The van der Waals surface area contributed by atoms with Crippen LogP contribution in [-0.2, 0) is 13.2 Å². The van der Waals surface area contributed by atoms with Crippen LogP contribution in [0.5, 0.6) is 11.5 Å². The van der Waals surface area contributed by atoms with E-state index < -0.39 is 5.82 Å². The number of anilines is 1. The molecule has 0 bridgehead atoms. The first kappa shape index (κ1) is 23.2. The maximum atomic E-state index is 15.1. The first-order valence-electron chi connectivity index (χ1n) is 11.5. The van der Waals surface area contributed by atoms with Gasteiger partial charge in [0.05, 0.1) is 11.1 Å². The molecular weight excluding hydrogens is 457 g/mol. The predicted molar refractivity (Wildman–Crippen MR) is 139 cm³/mol. The number of benzene rings is 4. The van der Waals surface area contributed by atoms with Crippen molar-refractivity contribution < 1.29 is 18.3 Å². The van der Waals surface area contributed by atoms with Crippen molar-refractivity contribution in [3.05, 3.63) is 124 Å². The van der Waals surface area contributed by atoms with Gasteiger partial charge in [0.1, 0.15) is 13.2 Å². The molecular formula is C30H24FNO4. The van der Waals surface area contributed by atoms with Gasteiger partial charge in [-0.15, -0.1) is 0 Å². The van der Waals surface area contributed by atoms with E-state index in [1.807, 2.05) is 67.6 Å². The second-order valence-corrected chi connectivity index (χ2v) is 8.51. The summed E-state index contributed by atoms with van der Waals surface area (Å²) >= 11 is 0. The second kappa shape index (κ2) is 9.96. The molecule has 5 nitrogen and oxygen atoms in total. The minimum Gasteiger partial charge on any atom is -0.486 e. The second-order valence-electron chi connectivity index (χ2n) is 8.51. The average molecular weight is 482 g/mol. The molecule has 0 amide bonds. The van der Waals surface area contributed by atoms with E-state index in [1.54, 1.807) is 18.2 Å². The number of fused-ring (bicyclic) bond motifs is 1. The Balaban J connectivity index is 1.55. The molecule has 6 heteroatoms. The first-order chi connectivity index (χ1) is 17.5. The topological polar surface area (TPSA) is 74.7 Å². The number of hydrogen-bond acceptors (Lipinski definition) is 5. The molecule has 0 aliphatic carbocycles. The fourth-order valence-corrected chi connectivity index (χ4v) is 4.00. The van der Waals surface area contributed by atoms with Crippen LogP contribution in [0.4, 0.5) is 10.1 Å². The van der Waals surface area contributed by atoms with Gasteiger partial charge in [-0.05, 0) is 53.9 Å². The van der Waals surface area contributed by atoms with Crippen LogP contribution < -0.4 is 20.6 Å². The summed E-state index contributed by atoms with van der Waals surface area (Å²) in [7, 11) is 0. The van der Waals surface area contributed by atoms with Crippen LogP contribution in [0, 0.1) is 12.7 Å². The predicted octanol–water partition coefficient (Wildman–Crippen LogP) is 6.65. The number of ether oxygens (including phenoxy) is 2. The van der Waals surface area contributed by atoms with E-state index in [0.29, 0.717) is 16.6 Å². The van der Waals surface area contributed by atoms with Crippen molar-refractivity contribution in [2.24, 2.45) is 0 Å². The lowest BCUT2D eigenvalue weighted by Gasteiger charge is -2.14. The van der Waals surface area contributed by atoms with Crippen molar-refractivity contribution in [3.63, 3.8) is 0 Å². The van der Waals surface area contributed by atoms with Crippen molar-refractivity contribution in [1.82, 2.24) is 0 Å². The monoisotopic (exact) mass is 481 g/mol. The summed E-state index contributed by atoms with van der Waals surface area (Å²) in [6, 6.07) is 26.8. The zero-order valence-electron chi connectivity index (χ0n) is 19.7. The van der Waals surface area contributed by atoms with Gasteiger partial charge in [-0.25, -0.2) is 4.39 Å². The first-order valence-corrected chi connectivity index (χ1v) is 11.5. The Kier molecular flexibility index (Phi) is 6.41. The SMILES string of the molecule is Cc1cc(N)c2oc(-c3ccc(OCc4ccccc4)c(F)c3)c(OCc3ccccc3)c(=O)c2c1. The molecule has 1 heterocycles. The maximum Gasteiger partial charge on any atom is 0.235 e. The molecule has 1 aromatic heterocycles. The van der Waals surface area contributed by atoms with Crippen LogP contribution in [0.2, 0.25) is 0 Å². The molecule has 0 atom stereocenters. The Morgan fingerprint density at radius 3 is 2.11 bits per heavy atom. The third-order valence-corrected chi connectivity index (χ3v) is 5.78. The number of nitrogen functional groups attached to an aromatic ring is 1. The van der Waals surface area contributed by atoms with Gasteiger partial charge in [0.15, 0.2) is 22.9 Å². The highest BCUT2D eigenvalue weighted by Crippen LogP contribution is 2.35. The average Bonchev–Trinajstić information content (AvgIpc) is 2.89. The minimum absolute atomic E-state index is 0.00583. The molecule has 180 valence electrons. The van der Waals surface area contributed by atoms with Crippen LogP contribution in [0.1, 0.15) is 16.7 Å². The summed E-state index contributed by atoms with van der Waals surface area (Å²) in [6.07, 6.45) is 0. The molecule has 0 aliphatic heterocycles. The molecule has 0 unspecified atom stereocenters. The summed E-state index contributed by atoms with van der Waals surface area (Å²) in [5.41, 5.74) is 9.30. The highest BCUT2D eigenvalue weighted by molar-refractivity contribution is 5.91. The van der Waals surface area contributed by atoms with Gasteiger partial charge in [0.2, 0.25) is 11.2 Å². The largest absolute Gasteiger partial charge is 0.486 e. The molecule has 5 rings (SSSR count). The third kappa shape index (κ3) is 4.79. The number of nitrogens with two attached hydrogens (primary N) is 1. The smallest absolute Gasteiger partial charge is 0.235 e. The quantitative estimate of drug-likeness (QED) is 0.264. The normalized spacial score (nSPS) is 10.9. The fraction of sp³-hybridized carbons (Fsp3) is 0.100. The lowest BCUT2D eigenvalue weighted by molar-refractivity contribution is 0.290. The summed E-state index contributed by atoms with van der Waals surface area (Å²) in [5.74, 6) is -0.397. The van der Waals surface area contributed by atoms with Crippen molar-refractivity contribution >= 4 is 16.7 Å². The number of halogens is 1. The molecule has 36 heavy (non-hydrogen) atoms. The standard InChI is InChI=1S/C30H24FNO4/c1-19-14-23-27(33)30(35-18-21-10-6-3-7-11-21)28(36-29(23)25(32)15-19)22-12-13-26(24(31)16-22)34-17-20-8-4-2-5-9-20/h2-16H,17-18,32H2,1H3. The zero-order valence-corrected chi connectivity index (χ0v) is 19.7. The fourth-order valence-electron chi connectivity index (χ4n) is 4.00. The van der Waals surface area contributed by atoms with E-state index in [-0.39, 0.29) is 41.5 Å². The number of rotatable bonds is 7.